The van der Waals surface area contributed by atoms with Gasteiger partial charge in [0.1, 0.15) is 5.25 Å². The van der Waals surface area contributed by atoms with Gasteiger partial charge in [0, 0.05) is 5.69 Å². The number of furan rings is 1. The van der Waals surface area contributed by atoms with Crippen molar-refractivity contribution in [3.05, 3.63) is 84.6 Å². The zero-order chi connectivity index (χ0) is 18.6. The molecule has 0 unspecified atom stereocenters. The normalized spacial score (nSPS) is 12.0. The molecule has 6 nitrogen and oxygen atoms in total. The van der Waals surface area contributed by atoms with E-state index in [1.54, 1.807) is 12.3 Å². The molecule has 2 heterocycles. The standard InChI is InChI=1S/C20H16N4O2S/c21-18(25)17(14-8-3-1-4-9-14)27-20-23-22-19(16-12-7-13-26-16)24(20)15-10-5-2-6-11-15/h1-13,17H,(H2,21,25)/t17-/m1/s1. The number of amides is 1. The van der Waals surface area contributed by atoms with Crippen LogP contribution >= 0.6 is 11.8 Å². The van der Waals surface area contributed by atoms with Gasteiger partial charge in [-0.3, -0.25) is 9.36 Å². The Hall–Kier alpha value is -3.32. The Morgan fingerprint density at radius 1 is 0.963 bits per heavy atom. The number of para-hydroxylation sites is 1. The SMILES string of the molecule is NC(=O)[C@H](Sc1nnc(-c2ccco2)n1-c1ccccc1)c1ccccc1. The molecule has 0 aliphatic carbocycles. The first-order valence-electron chi connectivity index (χ1n) is 8.29. The van der Waals surface area contributed by atoms with Crippen LogP contribution < -0.4 is 5.73 Å². The summed E-state index contributed by atoms with van der Waals surface area (Å²) in [5.41, 5.74) is 7.36. The van der Waals surface area contributed by atoms with Crippen LogP contribution in [-0.2, 0) is 4.79 Å². The van der Waals surface area contributed by atoms with Gasteiger partial charge in [0.15, 0.2) is 10.9 Å². The Bertz CT molecular complexity index is 1030. The molecule has 0 saturated carbocycles. The van der Waals surface area contributed by atoms with Gasteiger partial charge in [0.05, 0.1) is 6.26 Å². The minimum atomic E-state index is -0.581. The maximum atomic E-state index is 12.1. The summed E-state index contributed by atoms with van der Waals surface area (Å²) in [4.78, 5) is 12.1. The molecule has 0 aliphatic heterocycles. The Morgan fingerprint density at radius 3 is 2.30 bits per heavy atom. The molecule has 7 heteroatoms. The number of aromatic nitrogens is 3. The Kier molecular flexibility index (Phi) is 4.76. The van der Waals surface area contributed by atoms with Gasteiger partial charge in [-0.2, -0.15) is 0 Å². The second-order valence-electron chi connectivity index (χ2n) is 5.77. The molecular formula is C20H16N4O2S. The first-order chi connectivity index (χ1) is 13.2. The molecule has 0 radical (unpaired) electrons. The van der Waals surface area contributed by atoms with Crippen molar-refractivity contribution in [1.29, 1.82) is 0 Å². The third kappa shape index (κ3) is 3.50. The third-order valence-corrected chi connectivity index (χ3v) is 5.19. The average molecular weight is 376 g/mol. The quantitative estimate of drug-likeness (QED) is 0.517. The predicted octanol–water partition coefficient (Wildman–Crippen LogP) is 3.85. The van der Waals surface area contributed by atoms with Crippen LogP contribution in [0, 0.1) is 0 Å². The fourth-order valence-corrected chi connectivity index (χ4v) is 3.75. The number of primary amides is 1. The highest BCUT2D eigenvalue weighted by molar-refractivity contribution is 8.00. The van der Waals surface area contributed by atoms with Crippen LogP contribution in [0.1, 0.15) is 10.8 Å². The monoisotopic (exact) mass is 376 g/mol. The van der Waals surface area contributed by atoms with Crippen molar-refractivity contribution in [2.75, 3.05) is 0 Å². The van der Waals surface area contributed by atoms with Crippen molar-refractivity contribution in [2.45, 2.75) is 10.4 Å². The van der Waals surface area contributed by atoms with Gasteiger partial charge in [-0.25, -0.2) is 0 Å². The lowest BCUT2D eigenvalue weighted by atomic mass is 10.1. The van der Waals surface area contributed by atoms with E-state index in [9.17, 15) is 4.79 Å². The van der Waals surface area contributed by atoms with Crippen molar-refractivity contribution < 1.29 is 9.21 Å². The van der Waals surface area contributed by atoms with E-state index >= 15 is 0 Å². The van der Waals surface area contributed by atoms with Gasteiger partial charge >= 0.3 is 0 Å². The van der Waals surface area contributed by atoms with Crippen molar-refractivity contribution in [2.24, 2.45) is 5.73 Å². The fraction of sp³-hybridized carbons (Fsp3) is 0.0500. The lowest BCUT2D eigenvalue weighted by molar-refractivity contribution is -0.117. The van der Waals surface area contributed by atoms with E-state index in [2.05, 4.69) is 10.2 Å². The van der Waals surface area contributed by atoms with Crippen LogP contribution in [0.5, 0.6) is 0 Å². The highest BCUT2D eigenvalue weighted by Gasteiger charge is 2.25. The average Bonchev–Trinajstić information content (AvgIpc) is 3.37. The summed E-state index contributed by atoms with van der Waals surface area (Å²) >= 11 is 1.26. The van der Waals surface area contributed by atoms with E-state index in [1.165, 1.54) is 11.8 Å². The summed E-state index contributed by atoms with van der Waals surface area (Å²) < 4.78 is 7.37. The van der Waals surface area contributed by atoms with E-state index in [-0.39, 0.29) is 0 Å². The Labute approximate surface area is 160 Å². The van der Waals surface area contributed by atoms with Crippen LogP contribution in [0.4, 0.5) is 0 Å². The molecule has 2 N–H and O–H groups in total. The van der Waals surface area contributed by atoms with Gasteiger partial charge < -0.3 is 10.2 Å². The Balaban J connectivity index is 1.80. The predicted molar refractivity (Wildman–Crippen MR) is 103 cm³/mol. The summed E-state index contributed by atoms with van der Waals surface area (Å²) in [6.07, 6.45) is 1.59. The van der Waals surface area contributed by atoms with Crippen molar-refractivity contribution >= 4 is 17.7 Å². The molecule has 4 rings (SSSR count). The first-order valence-corrected chi connectivity index (χ1v) is 9.17. The molecule has 0 aliphatic rings. The maximum Gasteiger partial charge on any atom is 0.235 e. The summed E-state index contributed by atoms with van der Waals surface area (Å²) in [6.45, 7) is 0. The molecule has 1 amide bonds. The zero-order valence-corrected chi connectivity index (χ0v) is 15.0. The molecular weight excluding hydrogens is 360 g/mol. The first kappa shape index (κ1) is 17.1. The molecule has 2 aromatic heterocycles. The molecule has 0 bridgehead atoms. The van der Waals surface area contributed by atoms with Gasteiger partial charge in [0.2, 0.25) is 11.7 Å². The van der Waals surface area contributed by atoms with Crippen LogP contribution in [0.2, 0.25) is 0 Å². The summed E-state index contributed by atoms with van der Waals surface area (Å²) in [5.74, 6) is 0.715. The minimum Gasteiger partial charge on any atom is -0.461 e. The molecule has 27 heavy (non-hydrogen) atoms. The summed E-state index contributed by atoms with van der Waals surface area (Å²) in [5, 5.41) is 8.57. The molecule has 2 aromatic carbocycles. The minimum absolute atomic E-state index is 0.437. The second kappa shape index (κ2) is 7.51. The highest BCUT2D eigenvalue weighted by Crippen LogP contribution is 2.37. The number of thioether (sulfide) groups is 1. The third-order valence-electron chi connectivity index (χ3n) is 3.97. The van der Waals surface area contributed by atoms with E-state index in [4.69, 9.17) is 10.2 Å². The lowest BCUT2D eigenvalue weighted by Crippen LogP contribution is -2.19. The number of nitrogens with two attached hydrogens (primary N) is 1. The van der Waals surface area contributed by atoms with Gasteiger partial charge in [-0.05, 0) is 29.8 Å². The molecule has 1 atom stereocenters. The molecule has 0 spiro atoms. The molecule has 0 fully saturated rings. The zero-order valence-electron chi connectivity index (χ0n) is 14.2. The van der Waals surface area contributed by atoms with E-state index < -0.39 is 11.2 Å². The van der Waals surface area contributed by atoms with Crippen molar-refractivity contribution in [3.8, 4) is 17.3 Å². The fourth-order valence-electron chi connectivity index (χ4n) is 2.75. The van der Waals surface area contributed by atoms with Crippen LogP contribution in [0.15, 0.2) is 88.6 Å². The highest BCUT2D eigenvalue weighted by atomic mass is 32.2. The molecule has 4 aromatic rings. The smallest absolute Gasteiger partial charge is 0.235 e. The lowest BCUT2D eigenvalue weighted by Gasteiger charge is -2.14. The summed E-state index contributed by atoms with van der Waals surface area (Å²) in [6, 6.07) is 22.7. The van der Waals surface area contributed by atoms with Gasteiger partial charge in [-0.15, -0.1) is 10.2 Å². The van der Waals surface area contributed by atoms with Gasteiger partial charge in [-0.1, -0.05) is 60.3 Å². The van der Waals surface area contributed by atoms with Gasteiger partial charge in [0.25, 0.3) is 0 Å². The van der Waals surface area contributed by atoms with E-state index in [1.807, 2.05) is 71.3 Å². The number of carbonyl (C=O) groups is 1. The van der Waals surface area contributed by atoms with Crippen LogP contribution in [0.25, 0.3) is 17.3 Å². The molecule has 134 valence electrons. The number of rotatable bonds is 6. The van der Waals surface area contributed by atoms with Crippen molar-refractivity contribution in [3.63, 3.8) is 0 Å². The van der Waals surface area contributed by atoms with Crippen LogP contribution in [-0.4, -0.2) is 20.7 Å². The van der Waals surface area contributed by atoms with E-state index in [0.717, 1.165) is 11.3 Å². The number of hydrogen-bond acceptors (Lipinski definition) is 5. The second-order valence-corrected chi connectivity index (χ2v) is 6.84. The number of carbonyl (C=O) groups excluding carboxylic acids is 1. The number of nitrogens with zero attached hydrogens (tertiary/aromatic N) is 3. The maximum absolute atomic E-state index is 12.1. The Morgan fingerprint density at radius 2 is 1.67 bits per heavy atom. The van der Waals surface area contributed by atoms with Crippen LogP contribution in [0.3, 0.4) is 0 Å². The van der Waals surface area contributed by atoms with E-state index in [0.29, 0.717) is 16.7 Å². The largest absolute Gasteiger partial charge is 0.461 e. The number of hydrogen-bond donors (Lipinski definition) is 1. The number of benzene rings is 2. The van der Waals surface area contributed by atoms with Crippen molar-refractivity contribution in [1.82, 2.24) is 14.8 Å². The summed E-state index contributed by atoms with van der Waals surface area (Å²) in [7, 11) is 0. The molecule has 0 saturated heterocycles. The topological polar surface area (TPSA) is 86.9 Å².